The van der Waals surface area contributed by atoms with Crippen molar-refractivity contribution in [3.05, 3.63) is 52.6 Å². The van der Waals surface area contributed by atoms with Crippen LogP contribution in [0.15, 0.2) is 41.3 Å². The first-order valence-electron chi connectivity index (χ1n) is 9.34. The third-order valence-electron chi connectivity index (χ3n) is 4.73. The predicted octanol–water partition coefficient (Wildman–Crippen LogP) is 2.28. The topological polar surface area (TPSA) is 108 Å². The molecule has 152 valence electrons. The first-order chi connectivity index (χ1) is 13.8. The summed E-state index contributed by atoms with van der Waals surface area (Å²) in [5.41, 5.74) is -0.340. The van der Waals surface area contributed by atoms with Crippen LogP contribution in [0.1, 0.15) is 43.7 Å². The van der Waals surface area contributed by atoms with Crippen LogP contribution in [0.3, 0.4) is 0 Å². The summed E-state index contributed by atoms with van der Waals surface area (Å²) in [6.07, 6.45) is 1.38. The van der Waals surface area contributed by atoms with E-state index in [-0.39, 0.29) is 17.3 Å². The third-order valence-corrected chi connectivity index (χ3v) is 4.73. The van der Waals surface area contributed by atoms with Crippen LogP contribution < -0.4 is 10.9 Å². The second-order valence-corrected chi connectivity index (χ2v) is 6.78. The summed E-state index contributed by atoms with van der Waals surface area (Å²) in [5.74, 6) is -0.745. The Kier molecular flexibility index (Phi) is 5.76. The first kappa shape index (κ1) is 20.2. The Balaban J connectivity index is 1.79. The molecule has 0 spiro atoms. The molecule has 0 saturated heterocycles. The molecule has 0 aliphatic rings. The number of hydrogen-bond donors (Lipinski definition) is 1. The lowest BCUT2D eigenvalue weighted by molar-refractivity contribution is -0.123. The van der Waals surface area contributed by atoms with Crippen LogP contribution in [0.5, 0.6) is 0 Å². The number of aryl methyl sites for hydroxylation is 1. The second-order valence-electron chi connectivity index (χ2n) is 6.78. The standard InChI is InChI=1S/C20H23N5O4/c1-5-12(2)25-16(10-11-21-25)22-18(26)13(3)29-20(28)17-14-8-6-7-9-15(14)19(27)24(4)23-17/h6-13H,5H2,1-4H3,(H,22,26)/t12-,13+/m0/s1. The molecule has 9 nitrogen and oxygen atoms in total. The van der Waals surface area contributed by atoms with Gasteiger partial charge in [0.2, 0.25) is 0 Å². The summed E-state index contributed by atoms with van der Waals surface area (Å²) in [6.45, 7) is 5.48. The van der Waals surface area contributed by atoms with Gasteiger partial charge in [0, 0.05) is 18.5 Å². The highest BCUT2D eigenvalue weighted by molar-refractivity contribution is 6.03. The van der Waals surface area contributed by atoms with Crippen LogP contribution in [0.25, 0.3) is 10.8 Å². The van der Waals surface area contributed by atoms with E-state index in [1.807, 2.05) is 13.8 Å². The molecule has 9 heteroatoms. The van der Waals surface area contributed by atoms with E-state index in [1.165, 1.54) is 14.0 Å². The Morgan fingerprint density at radius 1 is 1.17 bits per heavy atom. The molecule has 29 heavy (non-hydrogen) atoms. The summed E-state index contributed by atoms with van der Waals surface area (Å²) in [7, 11) is 1.46. The van der Waals surface area contributed by atoms with Crippen molar-refractivity contribution >= 4 is 28.5 Å². The summed E-state index contributed by atoms with van der Waals surface area (Å²) in [4.78, 5) is 37.4. The highest BCUT2D eigenvalue weighted by Crippen LogP contribution is 2.18. The molecule has 1 N–H and O–H groups in total. The van der Waals surface area contributed by atoms with Crippen LogP contribution in [-0.2, 0) is 16.6 Å². The monoisotopic (exact) mass is 397 g/mol. The van der Waals surface area contributed by atoms with Gasteiger partial charge in [-0.25, -0.2) is 14.2 Å². The molecule has 0 radical (unpaired) electrons. The van der Waals surface area contributed by atoms with Gasteiger partial charge in [-0.1, -0.05) is 25.1 Å². The van der Waals surface area contributed by atoms with Crippen molar-refractivity contribution in [1.29, 1.82) is 0 Å². The third kappa shape index (κ3) is 4.03. The van der Waals surface area contributed by atoms with Crippen molar-refractivity contribution in [1.82, 2.24) is 19.6 Å². The van der Waals surface area contributed by atoms with Crippen molar-refractivity contribution in [2.24, 2.45) is 7.05 Å². The fraction of sp³-hybridized carbons (Fsp3) is 0.350. The number of amides is 1. The molecule has 3 aromatic rings. The highest BCUT2D eigenvalue weighted by atomic mass is 16.5. The molecule has 2 heterocycles. The molecule has 2 aromatic heterocycles. The number of nitrogens with one attached hydrogen (secondary N) is 1. The maximum absolute atomic E-state index is 12.7. The van der Waals surface area contributed by atoms with Crippen molar-refractivity contribution in [2.75, 3.05) is 5.32 Å². The zero-order chi connectivity index (χ0) is 21.1. The van der Waals surface area contributed by atoms with Gasteiger partial charge in [-0.05, 0) is 26.3 Å². The van der Waals surface area contributed by atoms with Crippen LogP contribution in [0, 0.1) is 0 Å². The zero-order valence-electron chi connectivity index (χ0n) is 16.7. The van der Waals surface area contributed by atoms with E-state index >= 15 is 0 Å². The Morgan fingerprint density at radius 3 is 2.55 bits per heavy atom. The summed E-state index contributed by atoms with van der Waals surface area (Å²) in [5, 5.41) is 11.7. The molecule has 0 aliphatic carbocycles. The number of aromatic nitrogens is 4. The van der Waals surface area contributed by atoms with Gasteiger partial charge in [0.15, 0.2) is 11.8 Å². The summed E-state index contributed by atoms with van der Waals surface area (Å²) < 4.78 is 8.10. The Hall–Kier alpha value is -3.49. The normalized spacial score (nSPS) is 13.1. The van der Waals surface area contributed by atoms with Crippen molar-refractivity contribution in [3.8, 4) is 0 Å². The van der Waals surface area contributed by atoms with Crippen LogP contribution in [-0.4, -0.2) is 37.5 Å². The number of rotatable bonds is 6. The molecule has 0 bridgehead atoms. The van der Waals surface area contributed by atoms with Crippen LogP contribution in [0.2, 0.25) is 0 Å². The van der Waals surface area contributed by atoms with E-state index in [0.717, 1.165) is 11.1 Å². The van der Waals surface area contributed by atoms with Crippen molar-refractivity contribution in [2.45, 2.75) is 39.3 Å². The minimum atomic E-state index is -1.07. The fourth-order valence-electron chi connectivity index (χ4n) is 2.89. The number of esters is 1. The van der Waals surface area contributed by atoms with E-state index in [1.54, 1.807) is 41.2 Å². The van der Waals surface area contributed by atoms with Gasteiger partial charge in [-0.15, -0.1) is 0 Å². The van der Waals surface area contributed by atoms with Crippen LogP contribution >= 0.6 is 0 Å². The van der Waals surface area contributed by atoms with E-state index in [0.29, 0.717) is 16.6 Å². The van der Waals surface area contributed by atoms with Gasteiger partial charge in [-0.3, -0.25) is 9.59 Å². The van der Waals surface area contributed by atoms with E-state index in [2.05, 4.69) is 15.5 Å². The number of ether oxygens (including phenoxy) is 1. The van der Waals surface area contributed by atoms with Crippen molar-refractivity contribution < 1.29 is 14.3 Å². The van der Waals surface area contributed by atoms with Gasteiger partial charge >= 0.3 is 5.97 Å². The second kappa shape index (κ2) is 8.26. The Bertz CT molecular complexity index is 1120. The summed E-state index contributed by atoms with van der Waals surface area (Å²) >= 11 is 0. The lowest BCUT2D eigenvalue weighted by Crippen LogP contribution is -2.32. The van der Waals surface area contributed by atoms with Gasteiger partial charge in [0.25, 0.3) is 11.5 Å². The lowest BCUT2D eigenvalue weighted by Gasteiger charge is -2.17. The SMILES string of the molecule is CC[C@H](C)n1nccc1NC(=O)[C@@H](C)OC(=O)c1nn(C)c(=O)c2ccccc12. The minimum absolute atomic E-state index is 0.0213. The molecule has 2 atom stereocenters. The number of benzene rings is 1. The molecule has 1 amide bonds. The quantitative estimate of drug-likeness (QED) is 0.640. The average molecular weight is 397 g/mol. The maximum Gasteiger partial charge on any atom is 0.360 e. The number of fused-ring (bicyclic) bond motifs is 1. The molecule has 1 aromatic carbocycles. The molecule has 0 saturated carbocycles. The molecule has 3 rings (SSSR count). The van der Waals surface area contributed by atoms with E-state index in [9.17, 15) is 14.4 Å². The molecule has 0 fully saturated rings. The maximum atomic E-state index is 12.7. The smallest absolute Gasteiger partial charge is 0.360 e. The summed E-state index contributed by atoms with van der Waals surface area (Å²) in [6, 6.07) is 8.43. The van der Waals surface area contributed by atoms with Gasteiger partial charge in [0.05, 0.1) is 17.6 Å². The largest absolute Gasteiger partial charge is 0.448 e. The van der Waals surface area contributed by atoms with E-state index < -0.39 is 18.0 Å². The molecule has 0 aliphatic heterocycles. The highest BCUT2D eigenvalue weighted by Gasteiger charge is 2.24. The Labute approximate surface area is 167 Å². The number of anilines is 1. The van der Waals surface area contributed by atoms with Gasteiger partial charge < -0.3 is 10.1 Å². The first-order valence-corrected chi connectivity index (χ1v) is 9.34. The van der Waals surface area contributed by atoms with Crippen molar-refractivity contribution in [3.63, 3.8) is 0 Å². The molecular weight excluding hydrogens is 374 g/mol. The zero-order valence-corrected chi connectivity index (χ0v) is 16.7. The Morgan fingerprint density at radius 2 is 1.86 bits per heavy atom. The van der Waals surface area contributed by atoms with Gasteiger partial charge in [0.1, 0.15) is 5.82 Å². The fourth-order valence-corrected chi connectivity index (χ4v) is 2.89. The predicted molar refractivity (Wildman–Crippen MR) is 108 cm³/mol. The number of carbonyl (C=O) groups excluding carboxylic acids is 2. The number of nitrogens with zero attached hydrogens (tertiary/aromatic N) is 4. The number of carbonyl (C=O) groups is 2. The minimum Gasteiger partial charge on any atom is -0.448 e. The lowest BCUT2D eigenvalue weighted by atomic mass is 10.1. The van der Waals surface area contributed by atoms with Gasteiger partial charge in [-0.2, -0.15) is 10.2 Å². The van der Waals surface area contributed by atoms with E-state index in [4.69, 9.17) is 4.74 Å². The molecular formula is C20H23N5O4. The number of hydrogen-bond acceptors (Lipinski definition) is 6. The molecule has 0 unspecified atom stereocenters. The average Bonchev–Trinajstić information content (AvgIpc) is 3.18. The van der Waals surface area contributed by atoms with Crippen LogP contribution in [0.4, 0.5) is 5.82 Å².